The van der Waals surface area contributed by atoms with E-state index < -0.39 is 0 Å². The summed E-state index contributed by atoms with van der Waals surface area (Å²) < 4.78 is 2.37. The molecule has 0 radical (unpaired) electrons. The number of hydrogen-bond acceptors (Lipinski definition) is 3. The van der Waals surface area contributed by atoms with E-state index in [9.17, 15) is 4.79 Å². The van der Waals surface area contributed by atoms with Gasteiger partial charge in [0.2, 0.25) is 0 Å². The first-order chi connectivity index (χ1) is 14.2. The number of aromatic nitrogens is 2. The molecule has 0 spiro atoms. The normalized spacial score (nSPS) is 12.0. The van der Waals surface area contributed by atoms with E-state index in [0.29, 0.717) is 14.5 Å². The molecule has 0 saturated heterocycles. The molecule has 0 aliphatic rings. The highest BCUT2D eigenvalue weighted by Gasteiger charge is 2.19. The summed E-state index contributed by atoms with van der Waals surface area (Å²) >= 11 is 7.37. The highest BCUT2D eigenvalue weighted by molar-refractivity contribution is 7.15. The summed E-state index contributed by atoms with van der Waals surface area (Å²) in [7, 11) is 0. The fraction of sp³-hybridized carbons (Fsp3) is 0. The second-order valence-electron chi connectivity index (χ2n) is 6.63. The minimum absolute atomic E-state index is 0.0616. The van der Waals surface area contributed by atoms with Crippen molar-refractivity contribution < 1.29 is 0 Å². The van der Waals surface area contributed by atoms with Crippen LogP contribution in [0.15, 0.2) is 89.7 Å². The van der Waals surface area contributed by atoms with E-state index in [1.807, 2.05) is 91.0 Å². The molecular weight excluding hydrogens is 400 g/mol. The lowest BCUT2D eigenvalue weighted by Crippen LogP contribution is -2.23. The lowest BCUT2D eigenvalue weighted by atomic mass is 10.1. The number of hydrogen-bond donors (Lipinski definition) is 0. The zero-order valence-electron chi connectivity index (χ0n) is 15.2. The molecule has 2 heterocycles. The molecule has 2 aromatic heterocycles. The predicted octanol–water partition coefficient (Wildman–Crippen LogP) is 5.29. The molecule has 0 bridgehead atoms. The number of thiazole rings is 1. The maximum atomic E-state index is 13.3. The highest BCUT2D eigenvalue weighted by Crippen LogP contribution is 2.32. The molecular formula is C24H15ClN2OS. The van der Waals surface area contributed by atoms with Gasteiger partial charge in [0.05, 0.1) is 15.9 Å². The third kappa shape index (κ3) is 3.27. The molecule has 0 aliphatic heterocycles. The summed E-state index contributed by atoms with van der Waals surface area (Å²) in [5.41, 5.74) is 4.47. The van der Waals surface area contributed by atoms with Gasteiger partial charge >= 0.3 is 0 Å². The van der Waals surface area contributed by atoms with Crippen molar-refractivity contribution in [3.8, 4) is 22.5 Å². The zero-order valence-corrected chi connectivity index (χ0v) is 16.8. The Hall–Kier alpha value is -3.21. The Balaban J connectivity index is 1.79. The number of imidazole rings is 1. The molecule has 0 aliphatic carbocycles. The Morgan fingerprint density at radius 2 is 1.45 bits per heavy atom. The van der Waals surface area contributed by atoms with Crippen LogP contribution in [0.2, 0.25) is 5.02 Å². The summed E-state index contributed by atoms with van der Waals surface area (Å²) in [6.45, 7) is 0. The predicted molar refractivity (Wildman–Crippen MR) is 120 cm³/mol. The molecule has 0 fully saturated rings. The average molecular weight is 415 g/mol. The molecule has 0 amide bonds. The number of fused-ring (bicyclic) bond motifs is 1. The van der Waals surface area contributed by atoms with Crippen LogP contribution < -0.4 is 10.1 Å². The van der Waals surface area contributed by atoms with Crippen molar-refractivity contribution in [3.05, 3.63) is 110 Å². The lowest BCUT2D eigenvalue weighted by molar-refractivity contribution is 1.15. The van der Waals surface area contributed by atoms with Crippen LogP contribution in [0.25, 0.3) is 33.6 Å². The SMILES string of the molecule is O=c1/c(=C/c2ccc(Cl)cc2)sc2nc(-c3ccccc3)c(-c3ccccc3)n12. The molecule has 5 heteroatoms. The Bertz CT molecular complexity index is 1410. The van der Waals surface area contributed by atoms with Crippen molar-refractivity contribution in [2.75, 3.05) is 0 Å². The maximum absolute atomic E-state index is 13.3. The second kappa shape index (κ2) is 7.32. The van der Waals surface area contributed by atoms with Crippen LogP contribution in [-0.2, 0) is 0 Å². The first kappa shape index (κ1) is 17.9. The van der Waals surface area contributed by atoms with Crippen LogP contribution in [0.3, 0.4) is 0 Å². The zero-order chi connectivity index (χ0) is 19.8. The van der Waals surface area contributed by atoms with Crippen LogP contribution in [0.1, 0.15) is 5.56 Å². The van der Waals surface area contributed by atoms with Gasteiger partial charge in [0.15, 0.2) is 4.96 Å². The van der Waals surface area contributed by atoms with E-state index >= 15 is 0 Å². The lowest BCUT2D eigenvalue weighted by Gasteiger charge is -2.04. The third-order valence-corrected chi connectivity index (χ3v) is 5.94. The fourth-order valence-corrected chi connectivity index (χ4v) is 4.47. The van der Waals surface area contributed by atoms with Crippen molar-refractivity contribution in [1.82, 2.24) is 9.38 Å². The molecule has 0 N–H and O–H groups in total. The third-order valence-electron chi connectivity index (χ3n) is 4.72. The molecule has 3 nitrogen and oxygen atoms in total. The molecule has 140 valence electrons. The monoisotopic (exact) mass is 414 g/mol. The summed E-state index contributed by atoms with van der Waals surface area (Å²) in [4.78, 5) is 18.8. The summed E-state index contributed by atoms with van der Waals surface area (Å²) in [5.74, 6) is 0. The summed E-state index contributed by atoms with van der Waals surface area (Å²) in [6, 6.07) is 27.3. The molecule has 3 aromatic carbocycles. The van der Waals surface area contributed by atoms with Crippen LogP contribution >= 0.6 is 22.9 Å². The van der Waals surface area contributed by atoms with Crippen LogP contribution in [0.5, 0.6) is 0 Å². The van der Waals surface area contributed by atoms with Gasteiger partial charge in [0, 0.05) is 16.1 Å². The van der Waals surface area contributed by atoms with E-state index in [4.69, 9.17) is 16.6 Å². The van der Waals surface area contributed by atoms with Crippen molar-refractivity contribution in [3.63, 3.8) is 0 Å². The van der Waals surface area contributed by atoms with Crippen LogP contribution in [0, 0.1) is 0 Å². The summed E-state index contributed by atoms with van der Waals surface area (Å²) in [6.07, 6.45) is 1.88. The fourth-order valence-electron chi connectivity index (χ4n) is 3.37. The van der Waals surface area contributed by atoms with E-state index in [1.54, 1.807) is 4.40 Å². The van der Waals surface area contributed by atoms with Crippen molar-refractivity contribution in [2.45, 2.75) is 0 Å². The minimum Gasteiger partial charge on any atom is -0.267 e. The van der Waals surface area contributed by atoms with Gasteiger partial charge in [-0.2, -0.15) is 0 Å². The number of nitrogens with zero attached hydrogens (tertiary/aromatic N) is 2. The van der Waals surface area contributed by atoms with Gasteiger partial charge in [-0.05, 0) is 23.8 Å². The molecule has 5 rings (SSSR count). The van der Waals surface area contributed by atoms with Gasteiger partial charge < -0.3 is 0 Å². The van der Waals surface area contributed by atoms with E-state index in [1.165, 1.54) is 11.3 Å². The molecule has 5 aromatic rings. The van der Waals surface area contributed by atoms with Gasteiger partial charge in [-0.1, -0.05) is 95.7 Å². The number of halogens is 1. The number of rotatable bonds is 3. The van der Waals surface area contributed by atoms with Crippen molar-refractivity contribution in [1.29, 1.82) is 0 Å². The Labute approximate surface area is 176 Å². The molecule has 29 heavy (non-hydrogen) atoms. The van der Waals surface area contributed by atoms with Gasteiger partial charge in [-0.15, -0.1) is 0 Å². The number of benzene rings is 3. The van der Waals surface area contributed by atoms with E-state index in [2.05, 4.69) is 0 Å². The van der Waals surface area contributed by atoms with Crippen molar-refractivity contribution in [2.24, 2.45) is 0 Å². The summed E-state index contributed by atoms with van der Waals surface area (Å²) in [5, 5.41) is 0.671. The Morgan fingerprint density at radius 3 is 2.10 bits per heavy atom. The molecule has 0 unspecified atom stereocenters. The smallest absolute Gasteiger partial charge is 0.267 e. The van der Waals surface area contributed by atoms with Gasteiger partial charge in [0.1, 0.15) is 0 Å². The van der Waals surface area contributed by atoms with E-state index in [0.717, 1.165) is 28.1 Å². The second-order valence-corrected chi connectivity index (χ2v) is 8.07. The first-order valence-corrected chi connectivity index (χ1v) is 10.3. The van der Waals surface area contributed by atoms with Crippen LogP contribution in [-0.4, -0.2) is 9.38 Å². The topological polar surface area (TPSA) is 34.4 Å². The van der Waals surface area contributed by atoms with E-state index in [-0.39, 0.29) is 5.56 Å². The standard InChI is InChI=1S/C24H15ClN2OS/c25-19-13-11-16(12-14-19)15-20-23(28)27-22(18-9-5-2-6-10-18)21(26-24(27)29-20)17-7-3-1-4-8-17/h1-15H/b20-15-. The van der Waals surface area contributed by atoms with Gasteiger partial charge in [-0.3, -0.25) is 4.79 Å². The van der Waals surface area contributed by atoms with Gasteiger partial charge in [0.25, 0.3) is 5.56 Å². The highest BCUT2D eigenvalue weighted by atomic mass is 35.5. The molecule has 0 atom stereocenters. The van der Waals surface area contributed by atoms with Crippen molar-refractivity contribution >= 4 is 34.0 Å². The molecule has 0 saturated carbocycles. The maximum Gasteiger partial charge on any atom is 0.274 e. The minimum atomic E-state index is -0.0616. The Kier molecular flexibility index (Phi) is 4.51. The van der Waals surface area contributed by atoms with Crippen LogP contribution in [0.4, 0.5) is 0 Å². The largest absolute Gasteiger partial charge is 0.274 e. The average Bonchev–Trinajstić information content (AvgIpc) is 3.28. The Morgan fingerprint density at radius 1 is 0.828 bits per heavy atom. The van der Waals surface area contributed by atoms with Gasteiger partial charge in [-0.25, -0.2) is 9.38 Å². The first-order valence-electron chi connectivity index (χ1n) is 9.14. The quantitative estimate of drug-likeness (QED) is 0.402.